The second-order valence-corrected chi connectivity index (χ2v) is 5.90. The number of rotatable bonds is 6. The Morgan fingerprint density at radius 3 is 2.39 bits per heavy atom. The number of benzene rings is 2. The van der Waals surface area contributed by atoms with Gasteiger partial charge in [-0.05, 0) is 31.2 Å². The number of nitrogens with zero attached hydrogens (tertiary/aromatic N) is 1. The van der Waals surface area contributed by atoms with E-state index in [1.807, 2.05) is 0 Å². The maximum absolute atomic E-state index is 12.7. The zero-order valence-corrected chi connectivity index (χ0v) is 15.9. The lowest BCUT2D eigenvalue weighted by Crippen LogP contribution is -2.18. The number of hydrogen-bond acceptors (Lipinski definition) is 7. The number of para-hydroxylation sites is 1. The Labute approximate surface area is 161 Å². The zero-order chi connectivity index (χ0) is 20.3. The first-order valence-corrected chi connectivity index (χ1v) is 8.49. The van der Waals surface area contributed by atoms with Crippen molar-refractivity contribution in [3.63, 3.8) is 0 Å². The molecule has 0 fully saturated rings. The standard InChI is InChI=1S/C20H20N2O6/c1-11(18-21-14-8-6-5-7-12(14)19(23)22-18)28-20(24)13-9-10-15(25-2)17(27-4)16(13)26-3/h5-11H,1-4H3,(H,21,22,23)/t11-/m0/s1. The van der Waals surface area contributed by atoms with Gasteiger partial charge < -0.3 is 23.9 Å². The van der Waals surface area contributed by atoms with Gasteiger partial charge in [0.05, 0.1) is 32.2 Å². The van der Waals surface area contributed by atoms with Crippen LogP contribution in [0.3, 0.4) is 0 Å². The molecule has 1 N–H and O–H groups in total. The summed E-state index contributed by atoms with van der Waals surface area (Å²) >= 11 is 0. The summed E-state index contributed by atoms with van der Waals surface area (Å²) in [7, 11) is 4.35. The summed E-state index contributed by atoms with van der Waals surface area (Å²) in [5.74, 6) is 0.491. The van der Waals surface area contributed by atoms with Gasteiger partial charge in [0.25, 0.3) is 5.56 Å². The molecule has 0 amide bonds. The smallest absolute Gasteiger partial charge is 0.342 e. The van der Waals surface area contributed by atoms with Crippen LogP contribution in [0, 0.1) is 0 Å². The molecule has 0 aliphatic heterocycles. The molecule has 0 spiro atoms. The molecular formula is C20H20N2O6. The molecule has 28 heavy (non-hydrogen) atoms. The maximum Gasteiger partial charge on any atom is 0.342 e. The number of aromatic amines is 1. The molecule has 0 radical (unpaired) electrons. The predicted octanol–water partition coefficient (Wildman–Crippen LogP) is 2.87. The quantitative estimate of drug-likeness (QED) is 0.652. The molecule has 8 heteroatoms. The van der Waals surface area contributed by atoms with Crippen molar-refractivity contribution in [2.24, 2.45) is 0 Å². The Balaban J connectivity index is 1.92. The van der Waals surface area contributed by atoms with Gasteiger partial charge in [0.15, 0.2) is 23.4 Å². The third kappa shape index (κ3) is 3.48. The summed E-state index contributed by atoms with van der Waals surface area (Å²) in [6.45, 7) is 1.62. The van der Waals surface area contributed by atoms with Crippen molar-refractivity contribution >= 4 is 16.9 Å². The molecule has 3 aromatic rings. The van der Waals surface area contributed by atoms with Gasteiger partial charge in [0, 0.05) is 0 Å². The van der Waals surface area contributed by atoms with Crippen molar-refractivity contribution in [3.05, 3.63) is 58.1 Å². The van der Waals surface area contributed by atoms with Gasteiger partial charge >= 0.3 is 5.97 Å². The Kier molecular flexibility index (Phi) is 5.49. The van der Waals surface area contributed by atoms with Gasteiger partial charge in [0.1, 0.15) is 5.56 Å². The lowest BCUT2D eigenvalue weighted by Gasteiger charge is -2.17. The fourth-order valence-corrected chi connectivity index (χ4v) is 2.84. The van der Waals surface area contributed by atoms with E-state index < -0.39 is 12.1 Å². The second-order valence-electron chi connectivity index (χ2n) is 5.90. The van der Waals surface area contributed by atoms with Gasteiger partial charge in [0.2, 0.25) is 5.75 Å². The van der Waals surface area contributed by atoms with Crippen LogP contribution in [0.1, 0.15) is 29.2 Å². The van der Waals surface area contributed by atoms with E-state index in [0.29, 0.717) is 16.7 Å². The summed E-state index contributed by atoms with van der Waals surface area (Å²) in [6.07, 6.45) is -0.789. The third-order valence-electron chi connectivity index (χ3n) is 4.22. The molecular weight excluding hydrogens is 364 g/mol. The Morgan fingerprint density at radius 2 is 1.71 bits per heavy atom. The van der Waals surface area contributed by atoms with Crippen molar-refractivity contribution in [1.82, 2.24) is 9.97 Å². The number of nitrogens with one attached hydrogen (secondary N) is 1. The van der Waals surface area contributed by atoms with E-state index in [2.05, 4.69) is 9.97 Å². The predicted molar refractivity (Wildman–Crippen MR) is 102 cm³/mol. The summed E-state index contributed by atoms with van der Waals surface area (Å²) in [6, 6.07) is 10.0. The van der Waals surface area contributed by atoms with Crippen LogP contribution < -0.4 is 19.8 Å². The highest BCUT2D eigenvalue weighted by molar-refractivity contribution is 5.94. The van der Waals surface area contributed by atoms with E-state index in [4.69, 9.17) is 18.9 Å². The van der Waals surface area contributed by atoms with Crippen LogP contribution in [-0.2, 0) is 4.74 Å². The summed E-state index contributed by atoms with van der Waals surface area (Å²) in [5, 5.41) is 0.464. The lowest BCUT2D eigenvalue weighted by molar-refractivity contribution is 0.0315. The number of fused-ring (bicyclic) bond motifs is 1. The Morgan fingerprint density at radius 1 is 1.00 bits per heavy atom. The third-order valence-corrected chi connectivity index (χ3v) is 4.22. The molecule has 0 aliphatic carbocycles. The van der Waals surface area contributed by atoms with Gasteiger partial charge in [-0.3, -0.25) is 4.79 Å². The van der Waals surface area contributed by atoms with Crippen LogP contribution in [0.25, 0.3) is 10.9 Å². The molecule has 1 aromatic heterocycles. The van der Waals surface area contributed by atoms with E-state index in [-0.39, 0.29) is 28.4 Å². The molecule has 146 valence electrons. The van der Waals surface area contributed by atoms with Crippen molar-refractivity contribution in [2.75, 3.05) is 21.3 Å². The Bertz CT molecular complexity index is 1080. The van der Waals surface area contributed by atoms with Gasteiger partial charge in [-0.1, -0.05) is 12.1 Å². The molecule has 1 heterocycles. The first kappa shape index (κ1) is 19.2. The number of aromatic nitrogens is 2. The van der Waals surface area contributed by atoms with Crippen molar-refractivity contribution < 1.29 is 23.7 Å². The first-order chi connectivity index (χ1) is 13.5. The van der Waals surface area contributed by atoms with Crippen LogP contribution in [0.4, 0.5) is 0 Å². The first-order valence-electron chi connectivity index (χ1n) is 8.49. The van der Waals surface area contributed by atoms with Crippen molar-refractivity contribution in [3.8, 4) is 17.2 Å². The lowest BCUT2D eigenvalue weighted by atomic mass is 10.1. The molecule has 8 nitrogen and oxygen atoms in total. The highest BCUT2D eigenvalue weighted by Crippen LogP contribution is 2.40. The fraction of sp³-hybridized carbons (Fsp3) is 0.250. The normalized spacial score (nSPS) is 11.7. The molecule has 0 saturated carbocycles. The molecule has 0 bridgehead atoms. The van der Waals surface area contributed by atoms with Crippen molar-refractivity contribution in [1.29, 1.82) is 0 Å². The van der Waals surface area contributed by atoms with E-state index in [9.17, 15) is 9.59 Å². The number of carbonyl (C=O) groups excluding carboxylic acids is 1. The van der Waals surface area contributed by atoms with E-state index in [1.165, 1.54) is 27.4 Å². The minimum absolute atomic E-state index is 0.162. The van der Waals surface area contributed by atoms with Gasteiger partial charge in [-0.25, -0.2) is 9.78 Å². The second kappa shape index (κ2) is 7.99. The average molecular weight is 384 g/mol. The average Bonchev–Trinajstić information content (AvgIpc) is 2.72. The topological polar surface area (TPSA) is 99.7 Å². The largest absolute Gasteiger partial charge is 0.493 e. The van der Waals surface area contributed by atoms with Crippen molar-refractivity contribution in [2.45, 2.75) is 13.0 Å². The minimum atomic E-state index is -0.789. The molecule has 0 saturated heterocycles. The van der Waals surface area contributed by atoms with Crippen LogP contribution in [0.2, 0.25) is 0 Å². The van der Waals surface area contributed by atoms with Gasteiger partial charge in [-0.15, -0.1) is 0 Å². The van der Waals surface area contributed by atoms with E-state index >= 15 is 0 Å². The number of ether oxygens (including phenoxy) is 4. The Hall–Kier alpha value is -3.55. The SMILES string of the molecule is COc1ccc(C(=O)O[C@@H](C)c2nc3ccccc3c(=O)[nH]2)c(OC)c1OC. The summed E-state index contributed by atoms with van der Waals surface area (Å²) < 4.78 is 21.3. The number of esters is 1. The van der Waals surface area contributed by atoms with Crippen LogP contribution in [0.15, 0.2) is 41.2 Å². The molecule has 0 aliphatic rings. The number of hydrogen-bond donors (Lipinski definition) is 1. The van der Waals surface area contributed by atoms with Crippen LogP contribution >= 0.6 is 0 Å². The van der Waals surface area contributed by atoms with Crippen LogP contribution in [0.5, 0.6) is 17.2 Å². The van der Waals surface area contributed by atoms with E-state index in [1.54, 1.807) is 37.3 Å². The number of carbonyl (C=O) groups is 1. The summed E-state index contributed by atoms with van der Waals surface area (Å²) in [4.78, 5) is 32.0. The van der Waals surface area contributed by atoms with Crippen LogP contribution in [-0.4, -0.2) is 37.3 Å². The highest BCUT2D eigenvalue weighted by Gasteiger charge is 2.24. The van der Waals surface area contributed by atoms with Gasteiger partial charge in [-0.2, -0.15) is 0 Å². The zero-order valence-electron chi connectivity index (χ0n) is 15.9. The minimum Gasteiger partial charge on any atom is -0.493 e. The number of methoxy groups -OCH3 is 3. The monoisotopic (exact) mass is 384 g/mol. The molecule has 0 unspecified atom stereocenters. The highest BCUT2D eigenvalue weighted by atomic mass is 16.6. The molecule has 2 aromatic carbocycles. The number of H-pyrrole nitrogens is 1. The van der Waals surface area contributed by atoms with E-state index in [0.717, 1.165) is 0 Å². The summed E-state index contributed by atoms with van der Waals surface area (Å²) in [5.41, 5.74) is 0.384. The molecule has 1 atom stereocenters. The molecule has 3 rings (SSSR count). The maximum atomic E-state index is 12.7. The fourth-order valence-electron chi connectivity index (χ4n) is 2.84.